The molecule has 3 rings (SSSR count). The predicted octanol–water partition coefficient (Wildman–Crippen LogP) is 4.60. The number of nitrogens with one attached hydrogen (secondary N) is 2. The van der Waals surface area contributed by atoms with Crippen LogP contribution in [0.1, 0.15) is 11.3 Å². The highest BCUT2D eigenvalue weighted by atomic mass is 32.2. The van der Waals surface area contributed by atoms with Crippen LogP contribution in [0.3, 0.4) is 0 Å². The summed E-state index contributed by atoms with van der Waals surface area (Å²) in [6.07, 6.45) is -5.19. The Hall–Kier alpha value is -3.06. The number of likely N-dealkylation sites (N-methyl/N-ethyl adjacent to an activating group) is 1. The van der Waals surface area contributed by atoms with Gasteiger partial charge in [-0.1, -0.05) is 29.8 Å². The van der Waals surface area contributed by atoms with Crippen molar-refractivity contribution in [2.75, 3.05) is 27.3 Å². The molecule has 0 saturated heterocycles. The third kappa shape index (κ3) is 6.97. The van der Waals surface area contributed by atoms with Crippen molar-refractivity contribution >= 4 is 18.0 Å². The first-order valence-electron chi connectivity index (χ1n) is 10.1. The Bertz CT molecular complexity index is 1090. The molecule has 1 amide bonds. The molecule has 1 heterocycles. The van der Waals surface area contributed by atoms with E-state index in [1.807, 2.05) is 19.1 Å². The van der Waals surface area contributed by atoms with Gasteiger partial charge in [-0.05, 0) is 49.2 Å². The largest absolute Gasteiger partial charge is 0.448 e. The van der Waals surface area contributed by atoms with Gasteiger partial charge in [-0.2, -0.15) is 18.3 Å². The lowest BCUT2D eigenvalue weighted by molar-refractivity contribution is -0.141. The smallest absolute Gasteiger partial charge is 0.435 e. The summed E-state index contributed by atoms with van der Waals surface area (Å²) in [5.41, 5.74) is 3.98. The van der Waals surface area contributed by atoms with Gasteiger partial charge in [0.05, 0.1) is 18.5 Å². The molecule has 3 aromatic rings. The molecule has 0 atom stereocenters. The fraction of sp³-hybridized carbons (Fsp3) is 0.273. The molecule has 12 heteroatoms. The first kappa shape index (κ1) is 25.6. The van der Waals surface area contributed by atoms with E-state index in [1.54, 1.807) is 48.5 Å². The van der Waals surface area contributed by atoms with Gasteiger partial charge in [0.15, 0.2) is 5.69 Å². The quantitative estimate of drug-likeness (QED) is 0.332. The number of hydrazine groups is 1. The van der Waals surface area contributed by atoms with Crippen LogP contribution in [0.25, 0.3) is 16.9 Å². The summed E-state index contributed by atoms with van der Waals surface area (Å²) in [6.45, 7) is 2.45. The highest BCUT2D eigenvalue weighted by Gasteiger charge is 2.35. The molecular formula is C22H24F3N5O3S. The monoisotopic (exact) mass is 495 g/mol. The Balaban J connectivity index is 1.69. The number of carbonyl (C=O) groups is 1. The normalized spacial score (nSPS) is 11.6. The van der Waals surface area contributed by atoms with Gasteiger partial charge < -0.3 is 4.74 Å². The Morgan fingerprint density at radius 3 is 2.44 bits per heavy atom. The van der Waals surface area contributed by atoms with Crippen molar-refractivity contribution in [1.82, 2.24) is 25.1 Å². The van der Waals surface area contributed by atoms with E-state index >= 15 is 0 Å². The Labute approximate surface area is 199 Å². The Kier molecular flexibility index (Phi) is 8.56. The number of hydrogen-bond acceptors (Lipinski definition) is 7. The minimum absolute atomic E-state index is 0.140. The van der Waals surface area contributed by atoms with Crippen LogP contribution in [0.4, 0.5) is 18.0 Å². The van der Waals surface area contributed by atoms with Gasteiger partial charge in [0.1, 0.15) is 6.61 Å². The molecule has 0 saturated carbocycles. The molecule has 0 fully saturated rings. The second kappa shape index (κ2) is 11.4. The van der Waals surface area contributed by atoms with E-state index < -0.39 is 18.0 Å². The van der Waals surface area contributed by atoms with Crippen LogP contribution in [-0.4, -0.2) is 48.2 Å². The summed E-state index contributed by atoms with van der Waals surface area (Å²) < 4.78 is 48.9. The minimum atomic E-state index is -4.57. The van der Waals surface area contributed by atoms with E-state index in [4.69, 9.17) is 9.57 Å². The number of benzene rings is 2. The topological polar surface area (TPSA) is 80.7 Å². The summed E-state index contributed by atoms with van der Waals surface area (Å²) in [5.74, 6) is 0. The Morgan fingerprint density at radius 2 is 1.82 bits per heavy atom. The molecule has 34 heavy (non-hydrogen) atoms. The van der Waals surface area contributed by atoms with Crippen molar-refractivity contribution in [3.05, 3.63) is 65.9 Å². The van der Waals surface area contributed by atoms with Crippen molar-refractivity contribution in [2.24, 2.45) is 0 Å². The zero-order valence-electron chi connectivity index (χ0n) is 18.7. The van der Waals surface area contributed by atoms with E-state index in [0.717, 1.165) is 23.6 Å². The number of alkyl halides is 3. The zero-order valence-corrected chi connectivity index (χ0v) is 19.5. The van der Waals surface area contributed by atoms with Crippen LogP contribution in [0.5, 0.6) is 0 Å². The average molecular weight is 496 g/mol. The molecule has 0 unspecified atom stereocenters. The van der Waals surface area contributed by atoms with Crippen LogP contribution in [0.2, 0.25) is 0 Å². The number of aryl methyl sites for hydroxylation is 1. The number of aromatic nitrogens is 2. The van der Waals surface area contributed by atoms with Crippen molar-refractivity contribution in [3.63, 3.8) is 0 Å². The number of amides is 1. The third-order valence-corrected chi connectivity index (χ3v) is 5.36. The maximum Gasteiger partial charge on any atom is 0.435 e. The summed E-state index contributed by atoms with van der Waals surface area (Å²) in [5, 5.41) is 5.39. The molecule has 0 aliphatic rings. The molecule has 1 aromatic heterocycles. The van der Waals surface area contributed by atoms with Gasteiger partial charge in [0.2, 0.25) is 0 Å². The second-order valence-electron chi connectivity index (χ2n) is 7.24. The molecule has 0 aliphatic carbocycles. The second-order valence-corrected chi connectivity index (χ2v) is 8.12. The van der Waals surface area contributed by atoms with Crippen LogP contribution in [0, 0.1) is 6.92 Å². The van der Waals surface area contributed by atoms with Crippen molar-refractivity contribution in [2.45, 2.75) is 18.0 Å². The number of carbonyl (C=O) groups excluding carboxylic acids is 1. The molecular weight excluding hydrogens is 471 g/mol. The molecule has 0 spiro atoms. The molecule has 2 N–H and O–H groups in total. The van der Waals surface area contributed by atoms with E-state index in [0.29, 0.717) is 28.4 Å². The van der Waals surface area contributed by atoms with Gasteiger partial charge in [-0.15, -0.1) is 5.59 Å². The number of halogens is 3. The summed E-state index contributed by atoms with van der Waals surface area (Å²) in [7, 11) is 3.19. The van der Waals surface area contributed by atoms with Gasteiger partial charge in [0.25, 0.3) is 0 Å². The lowest BCUT2D eigenvalue weighted by Gasteiger charge is -2.15. The summed E-state index contributed by atoms with van der Waals surface area (Å²) >= 11 is 1.03. The van der Waals surface area contributed by atoms with Gasteiger partial charge in [-0.3, -0.25) is 9.56 Å². The van der Waals surface area contributed by atoms with Gasteiger partial charge in [0, 0.05) is 24.1 Å². The molecule has 8 nitrogen and oxygen atoms in total. The maximum absolute atomic E-state index is 13.3. The minimum Gasteiger partial charge on any atom is -0.448 e. The zero-order chi connectivity index (χ0) is 24.7. The average Bonchev–Trinajstić information content (AvgIpc) is 3.25. The number of nitrogens with zero attached hydrogens (tertiary/aromatic N) is 3. The third-order valence-electron chi connectivity index (χ3n) is 4.59. The standard InChI is InChI=1S/C22H24F3N5O3S/c1-15-4-6-16(7-5-15)19-14-20(22(23,24)25)26-30(19)17-8-10-18(11-9-17)34-27-21(31)33-13-12-29(2)28-32-3/h4-11,14,28H,12-13H2,1-3H3,(H,27,31). The van der Waals surface area contributed by atoms with Crippen LogP contribution in [-0.2, 0) is 15.8 Å². The highest BCUT2D eigenvalue weighted by molar-refractivity contribution is 7.98. The first-order chi connectivity index (χ1) is 16.2. The molecule has 182 valence electrons. The Morgan fingerprint density at radius 1 is 1.15 bits per heavy atom. The van der Waals surface area contributed by atoms with Crippen LogP contribution in [0.15, 0.2) is 59.5 Å². The molecule has 2 aromatic carbocycles. The van der Waals surface area contributed by atoms with Crippen molar-refractivity contribution in [1.29, 1.82) is 0 Å². The summed E-state index contributed by atoms with van der Waals surface area (Å²) in [6, 6.07) is 14.8. The predicted molar refractivity (Wildman–Crippen MR) is 122 cm³/mol. The highest BCUT2D eigenvalue weighted by Crippen LogP contribution is 2.33. The fourth-order valence-corrected chi connectivity index (χ4v) is 3.44. The number of hydrogen-bond donors (Lipinski definition) is 2. The van der Waals surface area contributed by atoms with E-state index in [-0.39, 0.29) is 6.61 Å². The number of ether oxygens (including phenoxy) is 1. The maximum atomic E-state index is 13.3. The SMILES string of the molecule is CONN(C)CCOC(=O)NSc1ccc(-n2nc(C(F)(F)F)cc2-c2ccc(C)cc2)cc1. The first-order valence-corrected chi connectivity index (χ1v) is 10.9. The van der Waals surface area contributed by atoms with Crippen LogP contribution < -0.4 is 10.3 Å². The molecule has 0 radical (unpaired) electrons. The van der Waals surface area contributed by atoms with E-state index in [9.17, 15) is 18.0 Å². The number of rotatable bonds is 9. The van der Waals surface area contributed by atoms with E-state index in [2.05, 4.69) is 15.4 Å². The fourth-order valence-electron chi connectivity index (χ4n) is 2.91. The molecule has 0 bridgehead atoms. The van der Waals surface area contributed by atoms with Crippen molar-refractivity contribution in [3.8, 4) is 16.9 Å². The molecule has 0 aliphatic heterocycles. The van der Waals surface area contributed by atoms with Crippen molar-refractivity contribution < 1.29 is 27.5 Å². The van der Waals surface area contributed by atoms with Crippen LogP contribution >= 0.6 is 11.9 Å². The van der Waals surface area contributed by atoms with Gasteiger partial charge in [-0.25, -0.2) is 14.5 Å². The van der Waals surface area contributed by atoms with E-state index in [1.165, 1.54) is 11.8 Å². The lowest BCUT2D eigenvalue weighted by Crippen LogP contribution is -2.36. The lowest BCUT2D eigenvalue weighted by atomic mass is 10.1. The summed E-state index contributed by atoms with van der Waals surface area (Å²) in [4.78, 5) is 17.2. The van der Waals surface area contributed by atoms with Gasteiger partial charge >= 0.3 is 12.3 Å².